The Hall–Kier alpha value is -6.06. The van der Waals surface area contributed by atoms with Crippen molar-refractivity contribution in [1.29, 1.82) is 0 Å². The zero-order valence-electron chi connectivity index (χ0n) is 24.4. The standard InChI is InChI=1S/C42H27N3/c1-2-12-33(13-3-1)45-39-27-32(20-21-38(39)44-42(45)29-22-24-43-25-23-29)41-36-16-8-6-14-34(36)40(35-15-7-9-17-37(35)41)31-19-18-28-10-4-5-11-30(28)26-31/h1-27H. The minimum absolute atomic E-state index is 0.900. The Morgan fingerprint density at radius 1 is 0.422 bits per heavy atom. The van der Waals surface area contributed by atoms with Gasteiger partial charge in [0, 0.05) is 23.6 Å². The highest BCUT2D eigenvalue weighted by atomic mass is 15.1. The van der Waals surface area contributed by atoms with Crippen molar-refractivity contribution in [2.24, 2.45) is 0 Å². The Labute approximate surface area is 260 Å². The average Bonchev–Trinajstić information content (AvgIpc) is 3.50. The van der Waals surface area contributed by atoms with Crippen LogP contribution in [-0.2, 0) is 0 Å². The average molecular weight is 574 g/mol. The molecule has 0 saturated heterocycles. The lowest BCUT2D eigenvalue weighted by atomic mass is 9.85. The van der Waals surface area contributed by atoms with Crippen molar-refractivity contribution >= 4 is 43.4 Å². The Morgan fingerprint density at radius 2 is 0.978 bits per heavy atom. The Morgan fingerprint density at radius 3 is 1.64 bits per heavy atom. The van der Waals surface area contributed by atoms with Crippen molar-refractivity contribution in [1.82, 2.24) is 14.5 Å². The summed E-state index contributed by atoms with van der Waals surface area (Å²) in [6, 6.07) is 54.3. The normalized spacial score (nSPS) is 11.6. The van der Waals surface area contributed by atoms with E-state index in [0.717, 1.165) is 28.1 Å². The lowest BCUT2D eigenvalue weighted by Gasteiger charge is -2.18. The molecule has 9 aromatic rings. The smallest absolute Gasteiger partial charge is 0.145 e. The number of rotatable bonds is 4. The number of para-hydroxylation sites is 1. The zero-order valence-corrected chi connectivity index (χ0v) is 24.4. The first-order valence-corrected chi connectivity index (χ1v) is 15.2. The largest absolute Gasteiger partial charge is 0.292 e. The molecule has 45 heavy (non-hydrogen) atoms. The van der Waals surface area contributed by atoms with Gasteiger partial charge in [-0.15, -0.1) is 0 Å². The number of nitrogens with zero attached hydrogens (tertiary/aromatic N) is 3. The Balaban J connectivity index is 1.35. The van der Waals surface area contributed by atoms with E-state index in [9.17, 15) is 0 Å². The van der Waals surface area contributed by atoms with E-state index in [0.29, 0.717) is 0 Å². The fourth-order valence-corrected chi connectivity index (χ4v) is 6.86. The topological polar surface area (TPSA) is 30.7 Å². The van der Waals surface area contributed by atoms with Gasteiger partial charge in [-0.25, -0.2) is 4.98 Å². The van der Waals surface area contributed by atoms with E-state index in [4.69, 9.17) is 4.98 Å². The number of fused-ring (bicyclic) bond motifs is 4. The number of imidazole rings is 1. The molecule has 0 fully saturated rings. The molecular formula is C42H27N3. The molecule has 0 spiro atoms. The minimum Gasteiger partial charge on any atom is -0.292 e. The zero-order chi connectivity index (χ0) is 29.7. The maximum Gasteiger partial charge on any atom is 0.145 e. The van der Waals surface area contributed by atoms with Crippen molar-refractivity contribution in [3.8, 4) is 39.3 Å². The van der Waals surface area contributed by atoms with E-state index in [2.05, 4.69) is 149 Å². The van der Waals surface area contributed by atoms with Crippen LogP contribution in [0.2, 0.25) is 0 Å². The summed E-state index contributed by atoms with van der Waals surface area (Å²) >= 11 is 0. The van der Waals surface area contributed by atoms with Crippen molar-refractivity contribution in [3.63, 3.8) is 0 Å². The number of pyridine rings is 1. The van der Waals surface area contributed by atoms with Gasteiger partial charge in [-0.05, 0) is 97.0 Å². The third-order valence-corrected chi connectivity index (χ3v) is 8.87. The molecule has 2 aromatic heterocycles. The molecule has 3 nitrogen and oxygen atoms in total. The summed E-state index contributed by atoms with van der Waals surface area (Å²) in [6.45, 7) is 0. The second kappa shape index (κ2) is 10.3. The molecule has 0 aliphatic carbocycles. The third-order valence-electron chi connectivity index (χ3n) is 8.87. The molecule has 0 bridgehead atoms. The second-order valence-electron chi connectivity index (χ2n) is 11.4. The third kappa shape index (κ3) is 4.13. The number of hydrogen-bond donors (Lipinski definition) is 0. The maximum absolute atomic E-state index is 5.13. The first-order valence-electron chi connectivity index (χ1n) is 15.2. The van der Waals surface area contributed by atoms with Gasteiger partial charge in [0.25, 0.3) is 0 Å². The van der Waals surface area contributed by atoms with Crippen LogP contribution in [-0.4, -0.2) is 14.5 Å². The molecule has 0 aliphatic heterocycles. The van der Waals surface area contributed by atoms with Gasteiger partial charge < -0.3 is 0 Å². The molecule has 3 heteroatoms. The van der Waals surface area contributed by atoms with Crippen LogP contribution in [0.5, 0.6) is 0 Å². The quantitative estimate of drug-likeness (QED) is 0.196. The maximum atomic E-state index is 5.13. The van der Waals surface area contributed by atoms with Crippen LogP contribution in [0.4, 0.5) is 0 Å². The van der Waals surface area contributed by atoms with E-state index in [1.165, 1.54) is 54.6 Å². The van der Waals surface area contributed by atoms with Crippen LogP contribution in [0.1, 0.15) is 0 Å². The summed E-state index contributed by atoms with van der Waals surface area (Å²) in [4.78, 5) is 9.38. The molecule has 9 rings (SSSR count). The first-order chi connectivity index (χ1) is 22.3. The molecule has 0 unspecified atom stereocenters. The molecule has 0 N–H and O–H groups in total. The molecule has 0 atom stereocenters. The van der Waals surface area contributed by atoms with Crippen molar-refractivity contribution in [2.75, 3.05) is 0 Å². The van der Waals surface area contributed by atoms with Crippen molar-refractivity contribution < 1.29 is 0 Å². The lowest BCUT2D eigenvalue weighted by molar-refractivity contribution is 1.10. The number of benzene rings is 7. The van der Waals surface area contributed by atoms with Gasteiger partial charge in [-0.3, -0.25) is 9.55 Å². The molecule has 7 aromatic carbocycles. The van der Waals surface area contributed by atoms with Gasteiger partial charge in [0.1, 0.15) is 5.82 Å². The summed E-state index contributed by atoms with van der Waals surface area (Å²) < 4.78 is 2.27. The van der Waals surface area contributed by atoms with E-state index >= 15 is 0 Å². The van der Waals surface area contributed by atoms with Gasteiger partial charge in [0.15, 0.2) is 0 Å². The number of hydrogen-bond acceptors (Lipinski definition) is 2. The molecule has 0 saturated carbocycles. The van der Waals surface area contributed by atoms with Gasteiger partial charge in [0.2, 0.25) is 0 Å². The van der Waals surface area contributed by atoms with Crippen LogP contribution in [0.15, 0.2) is 164 Å². The lowest BCUT2D eigenvalue weighted by Crippen LogP contribution is -1.97. The SMILES string of the molecule is c1ccc(-n2c(-c3ccncc3)nc3ccc(-c4c5ccccc5c(-c5ccc6ccccc6c5)c5ccccc45)cc32)cc1. The number of aromatic nitrogens is 3. The van der Waals surface area contributed by atoms with Gasteiger partial charge in [-0.1, -0.05) is 109 Å². The summed E-state index contributed by atoms with van der Waals surface area (Å²) in [5, 5.41) is 7.46. The monoisotopic (exact) mass is 573 g/mol. The molecule has 0 radical (unpaired) electrons. The summed E-state index contributed by atoms with van der Waals surface area (Å²) in [5.41, 5.74) is 9.02. The fourth-order valence-electron chi connectivity index (χ4n) is 6.86. The van der Waals surface area contributed by atoms with Crippen molar-refractivity contribution in [2.45, 2.75) is 0 Å². The first kappa shape index (κ1) is 25.4. The van der Waals surface area contributed by atoms with E-state index in [-0.39, 0.29) is 0 Å². The van der Waals surface area contributed by atoms with Crippen LogP contribution in [0, 0.1) is 0 Å². The summed E-state index contributed by atoms with van der Waals surface area (Å²) in [7, 11) is 0. The highest BCUT2D eigenvalue weighted by Gasteiger charge is 2.19. The molecule has 0 amide bonds. The van der Waals surface area contributed by atoms with Crippen LogP contribution in [0.25, 0.3) is 82.7 Å². The van der Waals surface area contributed by atoms with Crippen LogP contribution < -0.4 is 0 Å². The van der Waals surface area contributed by atoms with E-state index < -0.39 is 0 Å². The van der Waals surface area contributed by atoms with E-state index in [1.54, 1.807) is 0 Å². The minimum atomic E-state index is 0.900. The van der Waals surface area contributed by atoms with Gasteiger partial charge in [0.05, 0.1) is 11.0 Å². The highest BCUT2D eigenvalue weighted by molar-refractivity contribution is 6.22. The van der Waals surface area contributed by atoms with E-state index in [1.807, 2.05) is 24.5 Å². The Kier molecular flexibility index (Phi) is 5.82. The predicted octanol–water partition coefficient (Wildman–Crippen LogP) is 10.9. The van der Waals surface area contributed by atoms with Crippen molar-refractivity contribution in [3.05, 3.63) is 164 Å². The molecule has 210 valence electrons. The molecule has 2 heterocycles. The summed E-state index contributed by atoms with van der Waals surface area (Å²) in [5.74, 6) is 0.900. The Bertz CT molecular complexity index is 2470. The van der Waals surface area contributed by atoms with Crippen LogP contribution in [0.3, 0.4) is 0 Å². The molecular weight excluding hydrogens is 546 g/mol. The summed E-state index contributed by atoms with van der Waals surface area (Å²) in [6.07, 6.45) is 3.65. The van der Waals surface area contributed by atoms with Crippen LogP contribution >= 0.6 is 0 Å². The van der Waals surface area contributed by atoms with Gasteiger partial charge in [-0.2, -0.15) is 0 Å². The van der Waals surface area contributed by atoms with Gasteiger partial charge >= 0.3 is 0 Å². The fraction of sp³-hybridized carbons (Fsp3) is 0. The highest BCUT2D eigenvalue weighted by Crippen LogP contribution is 2.44. The molecule has 0 aliphatic rings. The predicted molar refractivity (Wildman–Crippen MR) is 188 cm³/mol. The second-order valence-corrected chi connectivity index (χ2v) is 11.4.